The number of benzene rings is 1. The van der Waals surface area contributed by atoms with Crippen LogP contribution in [-0.2, 0) is 4.79 Å². The molecule has 6 nitrogen and oxygen atoms in total. The lowest BCUT2D eigenvalue weighted by Gasteiger charge is -2.25. The number of amides is 2. The molecule has 3 rings (SSSR count). The molecule has 0 saturated carbocycles. The van der Waals surface area contributed by atoms with Crippen molar-refractivity contribution in [3.63, 3.8) is 0 Å². The zero-order valence-corrected chi connectivity index (χ0v) is 10.7. The number of nitrogens with one attached hydrogen (secondary N) is 1. The molecule has 2 heterocycles. The Labute approximate surface area is 115 Å². The van der Waals surface area contributed by atoms with Crippen molar-refractivity contribution in [3.05, 3.63) is 42.1 Å². The third-order valence-corrected chi connectivity index (χ3v) is 3.11. The van der Waals surface area contributed by atoms with Gasteiger partial charge >= 0.3 is 0 Å². The van der Waals surface area contributed by atoms with E-state index < -0.39 is 0 Å². The minimum Gasteiger partial charge on any atom is -0.355 e. The van der Waals surface area contributed by atoms with Gasteiger partial charge in [0.25, 0.3) is 5.91 Å². The van der Waals surface area contributed by atoms with Crippen molar-refractivity contribution in [2.75, 3.05) is 19.6 Å². The third kappa shape index (κ3) is 2.40. The van der Waals surface area contributed by atoms with Crippen molar-refractivity contribution in [2.24, 2.45) is 0 Å². The van der Waals surface area contributed by atoms with Crippen LogP contribution in [0.1, 0.15) is 10.5 Å². The summed E-state index contributed by atoms with van der Waals surface area (Å²) in [7, 11) is 0. The number of rotatable bonds is 2. The van der Waals surface area contributed by atoms with Crippen molar-refractivity contribution in [3.8, 4) is 11.3 Å². The van der Waals surface area contributed by atoms with Gasteiger partial charge in [0.1, 0.15) is 0 Å². The fraction of sp³-hybridized carbons (Fsp3) is 0.214. The highest BCUT2D eigenvalue weighted by Gasteiger charge is 2.24. The predicted octanol–water partition coefficient (Wildman–Crippen LogP) is 0.914. The molecule has 0 spiro atoms. The van der Waals surface area contributed by atoms with Crippen molar-refractivity contribution in [2.45, 2.75) is 0 Å². The van der Waals surface area contributed by atoms with Gasteiger partial charge in [0.05, 0.1) is 6.54 Å². The van der Waals surface area contributed by atoms with Gasteiger partial charge in [0.15, 0.2) is 11.5 Å². The van der Waals surface area contributed by atoms with Gasteiger partial charge in [0, 0.05) is 24.7 Å². The Morgan fingerprint density at radius 1 is 1.30 bits per heavy atom. The van der Waals surface area contributed by atoms with E-state index in [1.165, 1.54) is 4.90 Å². The molecule has 102 valence electrons. The Bertz CT molecular complexity index is 636. The predicted molar refractivity (Wildman–Crippen MR) is 70.9 cm³/mol. The SMILES string of the molecule is O=C1CN(C(=O)c2cc(-c3ccccc3)on2)CCN1. The van der Waals surface area contributed by atoms with Crippen LogP contribution in [0.5, 0.6) is 0 Å². The summed E-state index contributed by atoms with van der Waals surface area (Å²) in [5.41, 5.74) is 1.08. The van der Waals surface area contributed by atoms with E-state index in [0.29, 0.717) is 18.8 Å². The fourth-order valence-corrected chi connectivity index (χ4v) is 2.09. The molecule has 20 heavy (non-hydrogen) atoms. The van der Waals surface area contributed by atoms with Crippen molar-refractivity contribution < 1.29 is 14.1 Å². The lowest BCUT2D eigenvalue weighted by molar-refractivity contribution is -0.123. The van der Waals surface area contributed by atoms with E-state index >= 15 is 0 Å². The van der Waals surface area contributed by atoms with Gasteiger partial charge < -0.3 is 14.7 Å². The number of carbonyl (C=O) groups is 2. The lowest BCUT2D eigenvalue weighted by Crippen LogP contribution is -2.50. The number of aromatic nitrogens is 1. The molecule has 1 aliphatic heterocycles. The van der Waals surface area contributed by atoms with Gasteiger partial charge in [0.2, 0.25) is 5.91 Å². The first-order valence-electron chi connectivity index (χ1n) is 6.32. The van der Waals surface area contributed by atoms with Crippen LogP contribution in [0, 0.1) is 0 Å². The molecule has 1 saturated heterocycles. The molecule has 0 bridgehead atoms. The van der Waals surface area contributed by atoms with Crippen LogP contribution in [0.25, 0.3) is 11.3 Å². The van der Waals surface area contributed by atoms with Crippen LogP contribution in [0.2, 0.25) is 0 Å². The average Bonchev–Trinajstić information content (AvgIpc) is 2.97. The summed E-state index contributed by atoms with van der Waals surface area (Å²) < 4.78 is 5.19. The third-order valence-electron chi connectivity index (χ3n) is 3.11. The summed E-state index contributed by atoms with van der Waals surface area (Å²) in [5.74, 6) is 0.0950. The van der Waals surface area contributed by atoms with E-state index in [9.17, 15) is 9.59 Å². The molecule has 0 atom stereocenters. The first-order chi connectivity index (χ1) is 9.74. The molecular weight excluding hydrogens is 258 g/mol. The van der Waals surface area contributed by atoms with Crippen LogP contribution >= 0.6 is 0 Å². The summed E-state index contributed by atoms with van der Waals surface area (Å²) in [6.45, 7) is 1.01. The number of piperazine rings is 1. The highest BCUT2D eigenvalue weighted by Crippen LogP contribution is 2.20. The Kier molecular flexibility index (Phi) is 3.20. The van der Waals surface area contributed by atoms with Gasteiger partial charge in [-0.3, -0.25) is 9.59 Å². The number of hydrogen-bond donors (Lipinski definition) is 1. The standard InChI is InChI=1S/C14H13N3O3/c18-13-9-17(7-6-15-13)14(19)11-8-12(20-16-11)10-4-2-1-3-5-10/h1-5,8H,6-7,9H2,(H,15,18). The molecular formula is C14H13N3O3. The normalized spacial score (nSPS) is 15.0. The molecule has 1 aromatic heterocycles. The Balaban J connectivity index is 1.80. The van der Waals surface area contributed by atoms with E-state index in [1.807, 2.05) is 30.3 Å². The van der Waals surface area contributed by atoms with E-state index in [4.69, 9.17) is 4.52 Å². The Morgan fingerprint density at radius 3 is 2.85 bits per heavy atom. The van der Waals surface area contributed by atoms with E-state index in [2.05, 4.69) is 10.5 Å². The van der Waals surface area contributed by atoms with E-state index in [0.717, 1.165) is 5.56 Å². The number of hydrogen-bond acceptors (Lipinski definition) is 4. The average molecular weight is 271 g/mol. The Hall–Kier alpha value is -2.63. The summed E-state index contributed by atoms with van der Waals surface area (Å²) >= 11 is 0. The summed E-state index contributed by atoms with van der Waals surface area (Å²) in [6.07, 6.45) is 0. The highest BCUT2D eigenvalue weighted by molar-refractivity contribution is 5.96. The second kappa shape index (κ2) is 5.16. The molecule has 1 fully saturated rings. The maximum absolute atomic E-state index is 12.2. The van der Waals surface area contributed by atoms with Crippen molar-refractivity contribution in [1.29, 1.82) is 0 Å². The monoisotopic (exact) mass is 271 g/mol. The van der Waals surface area contributed by atoms with Crippen LogP contribution in [-0.4, -0.2) is 41.5 Å². The van der Waals surface area contributed by atoms with Crippen molar-refractivity contribution >= 4 is 11.8 Å². The molecule has 0 radical (unpaired) electrons. The second-order valence-electron chi connectivity index (χ2n) is 4.52. The topological polar surface area (TPSA) is 75.4 Å². The largest absolute Gasteiger partial charge is 0.355 e. The lowest BCUT2D eigenvalue weighted by atomic mass is 10.1. The second-order valence-corrected chi connectivity index (χ2v) is 4.52. The van der Waals surface area contributed by atoms with Crippen LogP contribution in [0.4, 0.5) is 0 Å². The molecule has 0 aliphatic carbocycles. The molecule has 1 N–H and O–H groups in total. The molecule has 1 aromatic carbocycles. The minimum atomic E-state index is -0.286. The summed E-state index contributed by atoms with van der Waals surface area (Å²) in [4.78, 5) is 25.0. The first-order valence-corrected chi connectivity index (χ1v) is 6.32. The minimum absolute atomic E-state index is 0.0619. The fourth-order valence-electron chi connectivity index (χ4n) is 2.09. The highest BCUT2D eigenvalue weighted by atomic mass is 16.5. The van der Waals surface area contributed by atoms with Gasteiger partial charge in [-0.15, -0.1) is 0 Å². The molecule has 6 heteroatoms. The zero-order chi connectivity index (χ0) is 13.9. The number of nitrogens with zero attached hydrogens (tertiary/aromatic N) is 2. The van der Waals surface area contributed by atoms with Crippen LogP contribution in [0.3, 0.4) is 0 Å². The summed E-state index contributed by atoms with van der Waals surface area (Å²) in [6, 6.07) is 11.0. The van der Waals surface area contributed by atoms with Gasteiger partial charge in [-0.05, 0) is 0 Å². The first kappa shape index (κ1) is 12.4. The van der Waals surface area contributed by atoms with Crippen molar-refractivity contribution in [1.82, 2.24) is 15.4 Å². The van der Waals surface area contributed by atoms with Crippen LogP contribution < -0.4 is 5.32 Å². The van der Waals surface area contributed by atoms with Gasteiger partial charge in [-0.25, -0.2) is 0 Å². The van der Waals surface area contributed by atoms with E-state index in [1.54, 1.807) is 6.07 Å². The summed E-state index contributed by atoms with van der Waals surface area (Å²) in [5, 5.41) is 6.47. The Morgan fingerprint density at radius 2 is 2.10 bits per heavy atom. The smallest absolute Gasteiger partial charge is 0.276 e. The molecule has 2 aromatic rings. The number of carbonyl (C=O) groups excluding carboxylic acids is 2. The van der Waals surface area contributed by atoms with Gasteiger partial charge in [-0.1, -0.05) is 35.5 Å². The maximum atomic E-state index is 12.2. The quantitative estimate of drug-likeness (QED) is 0.881. The molecule has 2 amide bonds. The maximum Gasteiger partial charge on any atom is 0.276 e. The molecule has 1 aliphatic rings. The zero-order valence-electron chi connectivity index (χ0n) is 10.7. The van der Waals surface area contributed by atoms with Gasteiger partial charge in [-0.2, -0.15) is 0 Å². The van der Waals surface area contributed by atoms with E-state index in [-0.39, 0.29) is 24.1 Å². The van der Waals surface area contributed by atoms with Crippen LogP contribution in [0.15, 0.2) is 40.9 Å². The molecule has 0 unspecified atom stereocenters.